The number of nitrogens with zero attached hydrogens (tertiary/aromatic N) is 1. The van der Waals surface area contributed by atoms with Crippen molar-refractivity contribution in [2.75, 3.05) is 13.1 Å². The van der Waals surface area contributed by atoms with Gasteiger partial charge in [0.05, 0.1) is 0 Å². The summed E-state index contributed by atoms with van der Waals surface area (Å²) in [5.74, 6) is -0.590. The van der Waals surface area contributed by atoms with Crippen LogP contribution in [0, 0.1) is 5.82 Å². The Kier molecular flexibility index (Phi) is 7.43. The van der Waals surface area contributed by atoms with Crippen molar-refractivity contribution in [2.24, 2.45) is 0 Å². The van der Waals surface area contributed by atoms with E-state index in [1.807, 2.05) is 6.92 Å². The molecule has 0 unspecified atom stereocenters. The Morgan fingerprint density at radius 2 is 1.75 bits per heavy atom. The normalized spacial score (nSPS) is 15.8. The van der Waals surface area contributed by atoms with Gasteiger partial charge in [0.1, 0.15) is 0 Å². The summed E-state index contributed by atoms with van der Waals surface area (Å²) < 4.78 is 19.3. The molecular formula is C23H29FN2O2. The summed E-state index contributed by atoms with van der Waals surface area (Å²) >= 11 is 0. The SMILES string of the molecule is CC[C@H](Oc1ccccc1F)C(=O)NCc1ccc(CN2CCCCC2)cc1. The lowest BCUT2D eigenvalue weighted by atomic mass is 10.1. The van der Waals surface area contributed by atoms with E-state index in [0.29, 0.717) is 13.0 Å². The average molecular weight is 384 g/mol. The number of carbonyl (C=O) groups excluding carboxylic acids is 1. The number of carbonyl (C=O) groups is 1. The Morgan fingerprint density at radius 3 is 2.43 bits per heavy atom. The van der Waals surface area contributed by atoms with E-state index < -0.39 is 11.9 Å². The lowest BCUT2D eigenvalue weighted by molar-refractivity contribution is -0.128. The summed E-state index contributed by atoms with van der Waals surface area (Å²) in [4.78, 5) is 14.9. The molecule has 1 aliphatic rings. The van der Waals surface area contributed by atoms with Crippen LogP contribution in [0.3, 0.4) is 0 Å². The van der Waals surface area contributed by atoms with Crippen LogP contribution in [0.5, 0.6) is 5.75 Å². The first-order valence-corrected chi connectivity index (χ1v) is 10.1. The summed E-state index contributed by atoms with van der Waals surface area (Å²) in [6, 6.07) is 14.5. The standard InChI is InChI=1S/C23H29FN2O2/c1-2-21(28-22-9-5-4-8-20(22)24)23(27)25-16-18-10-12-19(13-11-18)17-26-14-6-3-7-15-26/h4-5,8-13,21H,2-3,6-7,14-17H2,1H3,(H,25,27)/t21-/m0/s1. The maximum absolute atomic E-state index is 13.7. The predicted molar refractivity (Wildman–Crippen MR) is 109 cm³/mol. The van der Waals surface area contributed by atoms with Crippen LogP contribution < -0.4 is 10.1 Å². The topological polar surface area (TPSA) is 41.6 Å². The number of hydrogen-bond donors (Lipinski definition) is 1. The molecule has 28 heavy (non-hydrogen) atoms. The number of halogens is 1. The van der Waals surface area contributed by atoms with E-state index in [1.165, 1.54) is 50.0 Å². The lowest BCUT2D eigenvalue weighted by Crippen LogP contribution is -2.37. The molecule has 1 amide bonds. The number of nitrogens with one attached hydrogen (secondary N) is 1. The number of amides is 1. The van der Waals surface area contributed by atoms with E-state index in [9.17, 15) is 9.18 Å². The molecule has 4 nitrogen and oxygen atoms in total. The van der Waals surface area contributed by atoms with Gasteiger partial charge in [-0.25, -0.2) is 4.39 Å². The molecule has 1 fully saturated rings. The van der Waals surface area contributed by atoms with Gasteiger partial charge in [-0.3, -0.25) is 9.69 Å². The zero-order valence-corrected chi connectivity index (χ0v) is 16.5. The second kappa shape index (κ2) is 10.2. The van der Waals surface area contributed by atoms with Gasteiger partial charge in [0.15, 0.2) is 17.7 Å². The van der Waals surface area contributed by atoms with E-state index in [0.717, 1.165) is 12.1 Å². The summed E-state index contributed by atoms with van der Waals surface area (Å²) in [7, 11) is 0. The average Bonchev–Trinajstić information content (AvgIpc) is 2.73. The van der Waals surface area contributed by atoms with E-state index >= 15 is 0 Å². The molecule has 1 aliphatic heterocycles. The van der Waals surface area contributed by atoms with Crippen LogP contribution in [0.15, 0.2) is 48.5 Å². The molecule has 1 saturated heterocycles. The third kappa shape index (κ3) is 5.80. The highest BCUT2D eigenvalue weighted by Gasteiger charge is 2.19. The van der Waals surface area contributed by atoms with Gasteiger partial charge in [-0.2, -0.15) is 0 Å². The van der Waals surface area contributed by atoms with Crippen LogP contribution >= 0.6 is 0 Å². The third-order valence-electron chi connectivity index (χ3n) is 5.11. The van der Waals surface area contributed by atoms with Crippen LogP contribution in [0.25, 0.3) is 0 Å². The highest BCUT2D eigenvalue weighted by atomic mass is 19.1. The van der Waals surface area contributed by atoms with E-state index in [2.05, 4.69) is 34.5 Å². The van der Waals surface area contributed by atoms with E-state index in [-0.39, 0.29) is 11.7 Å². The van der Waals surface area contributed by atoms with Gasteiger partial charge in [-0.15, -0.1) is 0 Å². The Morgan fingerprint density at radius 1 is 1.07 bits per heavy atom. The molecule has 2 aromatic rings. The van der Waals surface area contributed by atoms with Gasteiger partial charge >= 0.3 is 0 Å². The van der Waals surface area contributed by atoms with Crippen molar-refractivity contribution in [1.82, 2.24) is 10.2 Å². The van der Waals surface area contributed by atoms with Crippen molar-refractivity contribution in [3.63, 3.8) is 0 Å². The third-order valence-corrected chi connectivity index (χ3v) is 5.11. The summed E-state index contributed by atoms with van der Waals surface area (Å²) in [6.07, 6.45) is 3.67. The number of para-hydroxylation sites is 1. The fourth-order valence-corrected chi connectivity index (χ4v) is 3.46. The summed E-state index contributed by atoms with van der Waals surface area (Å²) in [5, 5.41) is 2.89. The minimum atomic E-state index is -0.713. The molecule has 150 valence electrons. The van der Waals surface area contributed by atoms with Crippen LogP contribution in [-0.2, 0) is 17.9 Å². The number of likely N-dealkylation sites (tertiary alicyclic amines) is 1. The number of piperidine rings is 1. The highest BCUT2D eigenvalue weighted by molar-refractivity contribution is 5.81. The fourth-order valence-electron chi connectivity index (χ4n) is 3.46. The van der Waals surface area contributed by atoms with E-state index in [4.69, 9.17) is 4.74 Å². The summed E-state index contributed by atoms with van der Waals surface area (Å²) in [5.41, 5.74) is 2.34. The Bertz CT molecular complexity index is 757. The molecule has 0 aliphatic carbocycles. The minimum absolute atomic E-state index is 0.103. The highest BCUT2D eigenvalue weighted by Crippen LogP contribution is 2.18. The molecule has 1 N–H and O–H groups in total. The number of rotatable bonds is 8. The Hall–Kier alpha value is -2.40. The van der Waals surface area contributed by atoms with Gasteiger partial charge in [0, 0.05) is 13.1 Å². The van der Waals surface area contributed by atoms with Gasteiger partial charge in [-0.1, -0.05) is 49.7 Å². The molecule has 1 atom stereocenters. The molecule has 0 spiro atoms. The van der Waals surface area contributed by atoms with Crippen molar-refractivity contribution < 1.29 is 13.9 Å². The Labute approximate surface area is 166 Å². The van der Waals surface area contributed by atoms with Crippen molar-refractivity contribution in [2.45, 2.75) is 51.8 Å². The molecule has 2 aromatic carbocycles. The van der Waals surface area contributed by atoms with Gasteiger partial charge < -0.3 is 10.1 Å². The monoisotopic (exact) mass is 384 g/mol. The molecule has 3 rings (SSSR count). The zero-order valence-electron chi connectivity index (χ0n) is 16.5. The van der Waals surface area contributed by atoms with Gasteiger partial charge in [0.25, 0.3) is 5.91 Å². The molecular weight excluding hydrogens is 355 g/mol. The van der Waals surface area contributed by atoms with Crippen LogP contribution in [0.2, 0.25) is 0 Å². The lowest BCUT2D eigenvalue weighted by Gasteiger charge is -2.26. The van der Waals surface area contributed by atoms with Crippen molar-refractivity contribution >= 4 is 5.91 Å². The minimum Gasteiger partial charge on any atom is -0.478 e. The van der Waals surface area contributed by atoms with Gasteiger partial charge in [-0.05, 0) is 55.6 Å². The molecule has 0 saturated carbocycles. The second-order valence-electron chi connectivity index (χ2n) is 7.32. The first-order chi connectivity index (χ1) is 13.7. The van der Waals surface area contributed by atoms with Crippen molar-refractivity contribution in [3.05, 3.63) is 65.5 Å². The number of benzene rings is 2. The first-order valence-electron chi connectivity index (χ1n) is 10.1. The van der Waals surface area contributed by atoms with Crippen molar-refractivity contribution in [3.8, 4) is 5.75 Å². The molecule has 5 heteroatoms. The molecule has 0 radical (unpaired) electrons. The van der Waals surface area contributed by atoms with E-state index in [1.54, 1.807) is 12.1 Å². The maximum Gasteiger partial charge on any atom is 0.261 e. The molecule has 0 bridgehead atoms. The maximum atomic E-state index is 13.7. The second-order valence-corrected chi connectivity index (χ2v) is 7.32. The summed E-state index contributed by atoms with van der Waals surface area (Å²) in [6.45, 7) is 5.62. The zero-order chi connectivity index (χ0) is 19.8. The Balaban J connectivity index is 1.49. The first kappa shape index (κ1) is 20.3. The van der Waals surface area contributed by atoms with Crippen LogP contribution in [0.1, 0.15) is 43.7 Å². The van der Waals surface area contributed by atoms with Crippen LogP contribution in [0.4, 0.5) is 4.39 Å². The number of hydrogen-bond acceptors (Lipinski definition) is 3. The van der Waals surface area contributed by atoms with Gasteiger partial charge in [0.2, 0.25) is 0 Å². The van der Waals surface area contributed by atoms with Crippen molar-refractivity contribution in [1.29, 1.82) is 0 Å². The smallest absolute Gasteiger partial charge is 0.261 e. The largest absolute Gasteiger partial charge is 0.478 e. The molecule has 1 heterocycles. The molecule has 0 aromatic heterocycles. The van der Waals surface area contributed by atoms with Crippen LogP contribution in [-0.4, -0.2) is 30.0 Å². The fraction of sp³-hybridized carbons (Fsp3) is 0.435. The number of ether oxygens (including phenoxy) is 1. The quantitative estimate of drug-likeness (QED) is 0.738. The predicted octanol–water partition coefficient (Wildman–Crippen LogP) is 4.29.